The Morgan fingerprint density at radius 3 is 2.37 bits per heavy atom. The minimum absolute atomic E-state index is 0.130. The Morgan fingerprint density at radius 2 is 1.78 bits per heavy atom. The number of hydrogen-bond donors (Lipinski definition) is 1. The zero-order chi connectivity index (χ0) is 19.6. The lowest BCUT2D eigenvalue weighted by molar-refractivity contribution is -0.114. The summed E-state index contributed by atoms with van der Waals surface area (Å²) in [6.07, 6.45) is 0. The minimum atomic E-state index is -3.63. The van der Waals surface area contributed by atoms with E-state index < -0.39 is 10.0 Å². The number of nitrogens with zero attached hydrogens (tertiary/aromatic N) is 2. The first kappa shape index (κ1) is 19.7. The van der Waals surface area contributed by atoms with Crippen LogP contribution in [0.1, 0.15) is 12.5 Å². The summed E-state index contributed by atoms with van der Waals surface area (Å²) in [5, 5.41) is 2.77. The number of carbonyl (C=O) groups excluding carboxylic acids is 1. The van der Waals surface area contributed by atoms with Crippen LogP contribution in [-0.4, -0.2) is 44.8 Å². The van der Waals surface area contributed by atoms with Crippen LogP contribution in [0.2, 0.25) is 5.02 Å². The van der Waals surface area contributed by atoms with Crippen molar-refractivity contribution in [1.82, 2.24) is 4.31 Å². The topological polar surface area (TPSA) is 69.7 Å². The van der Waals surface area contributed by atoms with Crippen molar-refractivity contribution in [2.24, 2.45) is 0 Å². The molecule has 1 aliphatic heterocycles. The Labute approximate surface area is 164 Å². The van der Waals surface area contributed by atoms with Crippen LogP contribution in [0.5, 0.6) is 0 Å². The largest absolute Gasteiger partial charge is 0.369 e. The maximum Gasteiger partial charge on any atom is 0.243 e. The summed E-state index contributed by atoms with van der Waals surface area (Å²) in [6.45, 7) is 5.47. The maximum atomic E-state index is 12.9. The van der Waals surface area contributed by atoms with Crippen molar-refractivity contribution in [3.8, 4) is 0 Å². The number of benzene rings is 2. The van der Waals surface area contributed by atoms with Crippen molar-refractivity contribution in [3.05, 3.63) is 53.1 Å². The molecular weight excluding hydrogens is 386 g/mol. The van der Waals surface area contributed by atoms with Gasteiger partial charge in [0.2, 0.25) is 15.9 Å². The third-order valence-electron chi connectivity index (χ3n) is 4.49. The van der Waals surface area contributed by atoms with E-state index in [-0.39, 0.29) is 15.8 Å². The molecule has 0 atom stereocenters. The number of halogens is 1. The molecule has 0 bridgehead atoms. The summed E-state index contributed by atoms with van der Waals surface area (Å²) < 4.78 is 27.3. The molecule has 0 unspecified atom stereocenters. The first-order chi connectivity index (χ1) is 12.8. The van der Waals surface area contributed by atoms with Gasteiger partial charge in [-0.15, -0.1) is 0 Å². The molecule has 1 N–H and O–H groups in total. The SMILES string of the molecule is CC(=O)Nc1ccc(S(=O)(=O)N2CCN(c3cccc(C)c3)CC2)cc1Cl. The molecule has 0 radical (unpaired) electrons. The van der Waals surface area contributed by atoms with E-state index in [0.717, 1.165) is 5.69 Å². The highest BCUT2D eigenvalue weighted by atomic mass is 35.5. The standard InChI is InChI=1S/C19H22ClN3O3S/c1-14-4-3-5-16(12-14)22-8-10-23(11-9-22)27(25,26)17-6-7-19(18(20)13-17)21-15(2)24/h3-7,12-13H,8-11H2,1-2H3,(H,21,24). The Bertz CT molecular complexity index is 954. The molecule has 1 fully saturated rings. The monoisotopic (exact) mass is 407 g/mol. The first-order valence-electron chi connectivity index (χ1n) is 8.66. The molecule has 1 heterocycles. The summed E-state index contributed by atoms with van der Waals surface area (Å²) >= 11 is 6.13. The minimum Gasteiger partial charge on any atom is -0.369 e. The zero-order valence-corrected chi connectivity index (χ0v) is 16.8. The van der Waals surface area contributed by atoms with Crippen LogP contribution in [0.4, 0.5) is 11.4 Å². The van der Waals surface area contributed by atoms with E-state index in [9.17, 15) is 13.2 Å². The number of sulfonamides is 1. The van der Waals surface area contributed by atoms with Gasteiger partial charge in [0.05, 0.1) is 15.6 Å². The lowest BCUT2D eigenvalue weighted by atomic mass is 10.2. The molecule has 144 valence electrons. The summed E-state index contributed by atoms with van der Waals surface area (Å²) in [5.74, 6) is -0.264. The third-order valence-corrected chi connectivity index (χ3v) is 6.70. The van der Waals surface area contributed by atoms with Crippen molar-refractivity contribution in [1.29, 1.82) is 0 Å². The number of rotatable bonds is 4. The molecule has 6 nitrogen and oxygen atoms in total. The van der Waals surface area contributed by atoms with E-state index in [2.05, 4.69) is 16.3 Å². The fraction of sp³-hybridized carbons (Fsp3) is 0.316. The van der Waals surface area contributed by atoms with Crippen molar-refractivity contribution in [3.63, 3.8) is 0 Å². The highest BCUT2D eigenvalue weighted by Gasteiger charge is 2.29. The van der Waals surface area contributed by atoms with E-state index in [1.165, 1.54) is 35.0 Å². The third kappa shape index (κ3) is 4.43. The van der Waals surface area contributed by atoms with Gasteiger partial charge in [-0.2, -0.15) is 4.31 Å². The van der Waals surface area contributed by atoms with Crippen LogP contribution in [0.3, 0.4) is 0 Å². The van der Waals surface area contributed by atoms with Gasteiger partial charge in [0.15, 0.2) is 0 Å². The number of nitrogens with one attached hydrogen (secondary N) is 1. The number of amides is 1. The average Bonchev–Trinajstić information content (AvgIpc) is 2.63. The molecule has 0 aromatic heterocycles. The second-order valence-electron chi connectivity index (χ2n) is 6.55. The molecule has 2 aromatic carbocycles. The molecule has 1 amide bonds. The molecule has 27 heavy (non-hydrogen) atoms. The lowest BCUT2D eigenvalue weighted by Crippen LogP contribution is -2.48. The highest BCUT2D eigenvalue weighted by molar-refractivity contribution is 7.89. The molecule has 0 aliphatic carbocycles. The van der Waals surface area contributed by atoms with Gasteiger partial charge in [0.1, 0.15) is 0 Å². The summed E-state index contributed by atoms with van der Waals surface area (Å²) in [5.41, 5.74) is 2.68. The predicted molar refractivity (Wildman–Crippen MR) is 108 cm³/mol. The van der Waals surface area contributed by atoms with Crippen LogP contribution in [0.25, 0.3) is 0 Å². The first-order valence-corrected chi connectivity index (χ1v) is 10.5. The van der Waals surface area contributed by atoms with E-state index in [4.69, 9.17) is 11.6 Å². The van der Waals surface area contributed by atoms with Crippen LogP contribution in [0.15, 0.2) is 47.4 Å². The van der Waals surface area contributed by atoms with Crippen molar-refractivity contribution < 1.29 is 13.2 Å². The second-order valence-corrected chi connectivity index (χ2v) is 8.90. The fourth-order valence-corrected chi connectivity index (χ4v) is 4.85. The average molecular weight is 408 g/mol. The van der Waals surface area contributed by atoms with Gasteiger partial charge in [-0.25, -0.2) is 8.42 Å². The van der Waals surface area contributed by atoms with Crippen LogP contribution >= 0.6 is 11.6 Å². The molecule has 2 aromatic rings. The fourth-order valence-electron chi connectivity index (χ4n) is 3.11. The Morgan fingerprint density at radius 1 is 1.07 bits per heavy atom. The number of carbonyl (C=O) groups is 1. The Hall–Kier alpha value is -2.09. The lowest BCUT2D eigenvalue weighted by Gasteiger charge is -2.35. The molecule has 0 saturated carbocycles. The highest BCUT2D eigenvalue weighted by Crippen LogP contribution is 2.28. The van der Waals surface area contributed by atoms with E-state index in [0.29, 0.717) is 31.9 Å². The van der Waals surface area contributed by atoms with Gasteiger partial charge >= 0.3 is 0 Å². The number of hydrogen-bond acceptors (Lipinski definition) is 4. The normalized spacial score (nSPS) is 15.6. The van der Waals surface area contributed by atoms with Crippen molar-refractivity contribution in [2.75, 3.05) is 36.4 Å². The number of piperazine rings is 1. The number of aryl methyl sites for hydroxylation is 1. The molecule has 3 rings (SSSR count). The smallest absolute Gasteiger partial charge is 0.243 e. The van der Waals surface area contributed by atoms with E-state index >= 15 is 0 Å². The molecular formula is C19H22ClN3O3S. The number of anilines is 2. The molecule has 0 spiro atoms. The van der Waals surface area contributed by atoms with Crippen LogP contribution < -0.4 is 10.2 Å². The van der Waals surface area contributed by atoms with Gasteiger partial charge in [-0.3, -0.25) is 4.79 Å². The van der Waals surface area contributed by atoms with Gasteiger partial charge in [0.25, 0.3) is 0 Å². The van der Waals surface area contributed by atoms with Crippen molar-refractivity contribution >= 4 is 38.9 Å². The quantitative estimate of drug-likeness (QED) is 0.845. The summed E-state index contributed by atoms with van der Waals surface area (Å²) in [6, 6.07) is 12.6. The van der Waals surface area contributed by atoms with Gasteiger partial charge in [0, 0.05) is 38.8 Å². The Balaban J connectivity index is 1.73. The molecule has 1 aliphatic rings. The van der Waals surface area contributed by atoms with Gasteiger partial charge < -0.3 is 10.2 Å². The second kappa shape index (κ2) is 7.88. The van der Waals surface area contributed by atoms with Crippen LogP contribution in [0, 0.1) is 6.92 Å². The summed E-state index contributed by atoms with van der Waals surface area (Å²) in [7, 11) is -3.63. The summed E-state index contributed by atoms with van der Waals surface area (Å²) in [4.78, 5) is 13.5. The van der Waals surface area contributed by atoms with Crippen molar-refractivity contribution in [2.45, 2.75) is 18.7 Å². The van der Waals surface area contributed by atoms with Gasteiger partial charge in [-0.05, 0) is 42.8 Å². The Kier molecular flexibility index (Phi) is 5.74. The van der Waals surface area contributed by atoms with E-state index in [1.54, 1.807) is 0 Å². The van der Waals surface area contributed by atoms with E-state index in [1.807, 2.05) is 25.1 Å². The molecule has 8 heteroatoms. The predicted octanol–water partition coefficient (Wildman–Crippen LogP) is 3.12. The molecule has 1 saturated heterocycles. The zero-order valence-electron chi connectivity index (χ0n) is 15.3. The van der Waals surface area contributed by atoms with Gasteiger partial charge in [-0.1, -0.05) is 23.7 Å². The van der Waals surface area contributed by atoms with Crippen LogP contribution in [-0.2, 0) is 14.8 Å². The maximum absolute atomic E-state index is 12.9.